The van der Waals surface area contributed by atoms with Crippen LogP contribution in [0.3, 0.4) is 0 Å². The third-order valence-electron chi connectivity index (χ3n) is 3.74. The lowest BCUT2D eigenvalue weighted by molar-refractivity contribution is -0.146. The van der Waals surface area contributed by atoms with Gasteiger partial charge in [-0.1, -0.05) is 6.42 Å². The molecular weight excluding hydrogens is 221 g/mol. The Hall–Kier alpha value is -0.585. The van der Waals surface area contributed by atoms with Gasteiger partial charge in [-0.25, -0.2) is 0 Å². The van der Waals surface area contributed by atoms with Crippen LogP contribution in [0.15, 0.2) is 0 Å². The first-order chi connectivity index (χ1) is 7.91. The molecule has 1 rings (SSSR count). The Morgan fingerprint density at radius 3 is 2.47 bits per heavy atom. The Morgan fingerprint density at radius 2 is 2.00 bits per heavy atom. The molecule has 0 aromatic heterocycles. The van der Waals surface area contributed by atoms with Gasteiger partial charge in [-0.2, -0.15) is 0 Å². The van der Waals surface area contributed by atoms with E-state index in [0.717, 1.165) is 12.8 Å². The van der Waals surface area contributed by atoms with Crippen molar-refractivity contribution >= 4 is 13.1 Å². The summed E-state index contributed by atoms with van der Waals surface area (Å²) in [6.07, 6.45) is 3.52. The number of hydrogen-bond acceptors (Lipinski definition) is 4. The monoisotopic (exact) mass is 243 g/mol. The number of carbonyl (C=O) groups is 1. The molecule has 1 aliphatic rings. The maximum atomic E-state index is 11.2. The molecule has 0 saturated heterocycles. The minimum Gasteiger partial charge on any atom is -0.481 e. The minimum atomic E-state index is -1.27. The van der Waals surface area contributed by atoms with Gasteiger partial charge in [0.25, 0.3) is 0 Å². The van der Waals surface area contributed by atoms with Crippen molar-refractivity contribution in [1.82, 2.24) is 4.90 Å². The second-order valence-corrected chi connectivity index (χ2v) is 5.21. The lowest BCUT2D eigenvalue weighted by Gasteiger charge is -2.37. The standard InChI is InChI=1S/C11H22BNO4/c1-13(2)10-4-3-8(5-6-12(16)17)7-9(10)11(14)15/h8-10,16-17H,3-7H2,1-2H3,(H,14,15)/t8-,9?,10?/m0/s1. The first-order valence-corrected chi connectivity index (χ1v) is 6.17. The van der Waals surface area contributed by atoms with Crippen molar-refractivity contribution in [3.8, 4) is 0 Å². The highest BCUT2D eigenvalue weighted by Crippen LogP contribution is 2.34. The van der Waals surface area contributed by atoms with Gasteiger partial charge in [0.15, 0.2) is 0 Å². The van der Waals surface area contributed by atoms with Gasteiger partial charge in [-0.3, -0.25) is 4.79 Å². The van der Waals surface area contributed by atoms with Crippen molar-refractivity contribution in [2.45, 2.75) is 38.0 Å². The Bertz CT molecular complexity index is 260. The van der Waals surface area contributed by atoms with Crippen molar-refractivity contribution in [3.05, 3.63) is 0 Å². The third kappa shape index (κ3) is 4.29. The first kappa shape index (κ1) is 14.5. The third-order valence-corrected chi connectivity index (χ3v) is 3.74. The normalized spacial score (nSPS) is 29.4. The molecule has 2 unspecified atom stereocenters. The van der Waals surface area contributed by atoms with E-state index in [1.807, 2.05) is 19.0 Å². The van der Waals surface area contributed by atoms with Crippen LogP contribution in [0.1, 0.15) is 25.7 Å². The van der Waals surface area contributed by atoms with Gasteiger partial charge in [-0.05, 0) is 45.6 Å². The highest BCUT2D eigenvalue weighted by Gasteiger charge is 2.36. The van der Waals surface area contributed by atoms with Crippen LogP contribution in [0.5, 0.6) is 0 Å². The fourth-order valence-electron chi connectivity index (χ4n) is 2.77. The van der Waals surface area contributed by atoms with Crippen molar-refractivity contribution in [1.29, 1.82) is 0 Å². The molecule has 1 fully saturated rings. The van der Waals surface area contributed by atoms with Gasteiger partial charge in [-0.15, -0.1) is 0 Å². The van der Waals surface area contributed by atoms with E-state index in [2.05, 4.69) is 0 Å². The summed E-state index contributed by atoms with van der Waals surface area (Å²) in [5.41, 5.74) is 0. The summed E-state index contributed by atoms with van der Waals surface area (Å²) in [6, 6.07) is 0.0998. The lowest BCUT2D eigenvalue weighted by Crippen LogP contribution is -2.43. The lowest BCUT2D eigenvalue weighted by atomic mass is 9.72. The smallest absolute Gasteiger partial charge is 0.451 e. The Labute approximate surface area is 103 Å². The van der Waals surface area contributed by atoms with Gasteiger partial charge in [0.1, 0.15) is 0 Å². The molecule has 6 heteroatoms. The molecule has 0 aliphatic heterocycles. The highest BCUT2D eigenvalue weighted by atomic mass is 16.4. The molecule has 17 heavy (non-hydrogen) atoms. The zero-order valence-corrected chi connectivity index (χ0v) is 10.5. The molecule has 0 aromatic rings. The van der Waals surface area contributed by atoms with Crippen LogP contribution in [-0.2, 0) is 4.79 Å². The number of nitrogens with zero attached hydrogens (tertiary/aromatic N) is 1. The number of hydrogen-bond donors (Lipinski definition) is 3. The molecule has 0 heterocycles. The van der Waals surface area contributed by atoms with Gasteiger partial charge in [0, 0.05) is 6.04 Å². The van der Waals surface area contributed by atoms with Crippen LogP contribution in [-0.4, -0.2) is 53.3 Å². The number of carboxylic acid groups (broad SMARTS) is 1. The largest absolute Gasteiger partial charge is 0.481 e. The Kier molecular flexibility index (Phi) is 5.43. The Morgan fingerprint density at radius 1 is 1.35 bits per heavy atom. The molecule has 1 aliphatic carbocycles. The molecular formula is C11H22BNO4. The summed E-state index contributed by atoms with van der Waals surface area (Å²) in [4.78, 5) is 13.2. The van der Waals surface area contributed by atoms with Gasteiger partial charge in [0.2, 0.25) is 0 Å². The molecule has 98 valence electrons. The molecule has 5 nitrogen and oxygen atoms in total. The molecule has 1 saturated carbocycles. The second kappa shape index (κ2) is 6.38. The van der Waals surface area contributed by atoms with E-state index in [4.69, 9.17) is 10.0 Å². The van der Waals surface area contributed by atoms with E-state index in [-0.39, 0.29) is 12.0 Å². The van der Waals surface area contributed by atoms with Crippen LogP contribution < -0.4 is 0 Å². The quantitative estimate of drug-likeness (QED) is 0.604. The molecule has 0 bridgehead atoms. The van der Waals surface area contributed by atoms with Crippen LogP contribution in [0.25, 0.3) is 0 Å². The van der Waals surface area contributed by atoms with Gasteiger partial charge in [0.05, 0.1) is 5.92 Å². The molecule has 3 N–H and O–H groups in total. The van der Waals surface area contributed by atoms with E-state index >= 15 is 0 Å². The van der Waals surface area contributed by atoms with Gasteiger partial charge >= 0.3 is 13.1 Å². The van der Waals surface area contributed by atoms with E-state index in [1.165, 1.54) is 0 Å². The summed E-state index contributed by atoms with van der Waals surface area (Å²) in [5.74, 6) is -0.772. The zero-order chi connectivity index (χ0) is 13.0. The van der Waals surface area contributed by atoms with Gasteiger partial charge < -0.3 is 20.1 Å². The van der Waals surface area contributed by atoms with Crippen molar-refractivity contribution in [3.63, 3.8) is 0 Å². The zero-order valence-electron chi connectivity index (χ0n) is 10.5. The highest BCUT2D eigenvalue weighted by molar-refractivity contribution is 6.40. The van der Waals surface area contributed by atoms with Crippen LogP contribution in [0, 0.1) is 11.8 Å². The van der Waals surface area contributed by atoms with Crippen molar-refractivity contribution < 1.29 is 19.9 Å². The molecule has 0 radical (unpaired) electrons. The summed E-state index contributed by atoms with van der Waals surface area (Å²) >= 11 is 0. The first-order valence-electron chi connectivity index (χ1n) is 6.17. The molecule has 3 atom stereocenters. The van der Waals surface area contributed by atoms with E-state index < -0.39 is 13.1 Å². The topological polar surface area (TPSA) is 81.0 Å². The molecule has 0 spiro atoms. The number of carboxylic acids is 1. The van der Waals surface area contributed by atoms with Crippen molar-refractivity contribution in [2.24, 2.45) is 11.8 Å². The number of rotatable bonds is 5. The summed E-state index contributed by atoms with van der Waals surface area (Å²) in [7, 11) is 2.56. The second-order valence-electron chi connectivity index (χ2n) is 5.21. The van der Waals surface area contributed by atoms with Crippen molar-refractivity contribution in [2.75, 3.05) is 14.1 Å². The maximum Gasteiger partial charge on any atom is 0.451 e. The van der Waals surface area contributed by atoms with Crippen LogP contribution in [0.2, 0.25) is 6.32 Å². The fourth-order valence-corrected chi connectivity index (χ4v) is 2.77. The van der Waals surface area contributed by atoms with Crippen LogP contribution in [0.4, 0.5) is 0 Å². The van der Waals surface area contributed by atoms with Crippen LogP contribution >= 0.6 is 0 Å². The fraction of sp³-hybridized carbons (Fsp3) is 0.909. The summed E-state index contributed by atoms with van der Waals surface area (Å²) in [5, 5.41) is 26.9. The maximum absolute atomic E-state index is 11.2. The minimum absolute atomic E-state index is 0.0998. The Balaban J connectivity index is 2.53. The van der Waals surface area contributed by atoms with E-state index in [1.54, 1.807) is 0 Å². The molecule has 0 aromatic carbocycles. The average molecular weight is 243 g/mol. The summed E-state index contributed by atoms with van der Waals surface area (Å²) < 4.78 is 0. The molecule has 0 amide bonds. The van der Waals surface area contributed by atoms with E-state index in [9.17, 15) is 9.90 Å². The van der Waals surface area contributed by atoms with E-state index in [0.29, 0.717) is 25.1 Å². The predicted octanol–water partition coefficient (Wildman–Crippen LogP) is 0.280. The SMILES string of the molecule is CN(C)C1CC[C@@H](CCB(O)O)CC1C(=O)O. The number of aliphatic carboxylic acids is 1. The average Bonchev–Trinajstić information content (AvgIpc) is 2.25. The summed E-state index contributed by atoms with van der Waals surface area (Å²) in [6.45, 7) is 0. The predicted molar refractivity (Wildman–Crippen MR) is 65.6 cm³/mol.